The minimum Gasteiger partial charge on any atom is -0.504 e. The third-order valence-corrected chi connectivity index (χ3v) is 2.45. The van der Waals surface area contributed by atoms with E-state index in [1.165, 1.54) is 6.07 Å². The maximum absolute atomic E-state index is 12.0. The molecule has 1 heterocycles. The van der Waals surface area contributed by atoms with Gasteiger partial charge in [0.15, 0.2) is 11.6 Å². The number of carbonyl (C=O) groups excluding carboxylic acids is 1. The Morgan fingerprint density at radius 2 is 2.00 bits per heavy atom. The molecule has 92 valence electrons. The molecule has 1 aromatic heterocycles. The van der Waals surface area contributed by atoms with E-state index in [-0.39, 0.29) is 11.6 Å². The Labute approximate surface area is 104 Å². The van der Waals surface area contributed by atoms with E-state index >= 15 is 0 Å². The largest absolute Gasteiger partial charge is 0.504 e. The lowest BCUT2D eigenvalue weighted by molar-refractivity contribution is 0.102. The number of nitrogens with zero attached hydrogens (tertiary/aromatic N) is 1. The molecule has 0 aliphatic rings. The summed E-state index contributed by atoms with van der Waals surface area (Å²) in [6.45, 7) is 1.77. The van der Waals surface area contributed by atoms with E-state index < -0.39 is 5.91 Å². The second-order valence-corrected chi connectivity index (χ2v) is 3.86. The summed E-state index contributed by atoms with van der Waals surface area (Å²) in [4.78, 5) is 16.0. The van der Waals surface area contributed by atoms with Crippen molar-refractivity contribution in [2.75, 3.05) is 11.1 Å². The Balaban J connectivity index is 2.27. The zero-order chi connectivity index (χ0) is 13.1. The van der Waals surface area contributed by atoms with Crippen LogP contribution >= 0.6 is 0 Å². The number of rotatable bonds is 2. The number of nitrogens with one attached hydrogen (secondary N) is 1. The average molecular weight is 243 g/mol. The highest BCUT2D eigenvalue weighted by Crippen LogP contribution is 2.21. The van der Waals surface area contributed by atoms with Crippen LogP contribution < -0.4 is 11.1 Å². The van der Waals surface area contributed by atoms with Crippen LogP contribution in [0.5, 0.6) is 5.75 Å². The molecule has 0 saturated heterocycles. The fourth-order valence-electron chi connectivity index (χ4n) is 1.52. The first-order valence-corrected chi connectivity index (χ1v) is 5.40. The van der Waals surface area contributed by atoms with E-state index in [0.717, 1.165) is 0 Å². The number of hydrogen-bond donors (Lipinski definition) is 3. The summed E-state index contributed by atoms with van der Waals surface area (Å²) < 4.78 is 0. The van der Waals surface area contributed by atoms with Crippen molar-refractivity contribution < 1.29 is 9.90 Å². The Morgan fingerprint density at radius 3 is 2.72 bits per heavy atom. The van der Waals surface area contributed by atoms with Gasteiger partial charge in [0, 0.05) is 11.4 Å². The Bertz CT molecular complexity index is 597. The predicted octanol–water partition coefficient (Wildman–Crippen LogP) is 1.93. The average Bonchev–Trinajstić information content (AvgIpc) is 2.34. The smallest absolute Gasteiger partial charge is 0.259 e. The minimum absolute atomic E-state index is 0.0801. The van der Waals surface area contributed by atoms with E-state index in [0.29, 0.717) is 16.9 Å². The molecule has 0 aliphatic heterocycles. The lowest BCUT2D eigenvalue weighted by Gasteiger charge is -2.08. The molecule has 2 rings (SSSR count). The first-order chi connectivity index (χ1) is 8.58. The molecule has 0 saturated carbocycles. The Hall–Kier alpha value is -2.56. The van der Waals surface area contributed by atoms with Crippen LogP contribution in [0.2, 0.25) is 0 Å². The number of aromatic hydroxyl groups is 1. The molecule has 18 heavy (non-hydrogen) atoms. The van der Waals surface area contributed by atoms with Crippen LogP contribution in [0.3, 0.4) is 0 Å². The first-order valence-electron chi connectivity index (χ1n) is 5.40. The number of aryl methyl sites for hydroxylation is 1. The van der Waals surface area contributed by atoms with Gasteiger partial charge in [-0.05, 0) is 31.2 Å². The lowest BCUT2D eigenvalue weighted by atomic mass is 10.1. The summed E-state index contributed by atoms with van der Waals surface area (Å²) in [6, 6.07) is 9.84. The predicted molar refractivity (Wildman–Crippen MR) is 69.4 cm³/mol. The van der Waals surface area contributed by atoms with Gasteiger partial charge in [0.2, 0.25) is 0 Å². The summed E-state index contributed by atoms with van der Waals surface area (Å²) in [5.74, 6) is -0.354. The number of aromatic nitrogens is 1. The molecule has 4 N–H and O–H groups in total. The highest BCUT2D eigenvalue weighted by atomic mass is 16.3. The summed E-state index contributed by atoms with van der Waals surface area (Å²) in [5.41, 5.74) is 7.12. The zero-order valence-corrected chi connectivity index (χ0v) is 9.84. The first kappa shape index (κ1) is 11.9. The van der Waals surface area contributed by atoms with Crippen molar-refractivity contribution in [1.29, 1.82) is 0 Å². The number of pyridine rings is 1. The van der Waals surface area contributed by atoms with Crippen LogP contribution in [0.4, 0.5) is 11.5 Å². The molecule has 0 fully saturated rings. The monoisotopic (exact) mass is 243 g/mol. The molecular weight excluding hydrogens is 230 g/mol. The van der Waals surface area contributed by atoms with Gasteiger partial charge in [-0.2, -0.15) is 0 Å². The fourth-order valence-corrected chi connectivity index (χ4v) is 1.52. The van der Waals surface area contributed by atoms with Gasteiger partial charge in [0.1, 0.15) is 0 Å². The number of hydrogen-bond acceptors (Lipinski definition) is 4. The van der Waals surface area contributed by atoms with Crippen LogP contribution in [0.15, 0.2) is 36.4 Å². The van der Waals surface area contributed by atoms with Gasteiger partial charge in [-0.15, -0.1) is 0 Å². The Morgan fingerprint density at radius 1 is 1.28 bits per heavy atom. The number of anilines is 2. The SMILES string of the molecule is Cc1ccc(O)c(NC(=O)c2ccccc2N)n1. The van der Waals surface area contributed by atoms with Crippen molar-refractivity contribution in [3.63, 3.8) is 0 Å². The number of nitrogen functional groups attached to an aromatic ring is 1. The van der Waals surface area contributed by atoms with Crippen molar-refractivity contribution >= 4 is 17.4 Å². The van der Waals surface area contributed by atoms with E-state index in [9.17, 15) is 9.90 Å². The van der Waals surface area contributed by atoms with Gasteiger partial charge in [-0.1, -0.05) is 12.1 Å². The van der Waals surface area contributed by atoms with Crippen molar-refractivity contribution in [2.45, 2.75) is 6.92 Å². The molecular formula is C13H13N3O2. The molecule has 5 nitrogen and oxygen atoms in total. The van der Waals surface area contributed by atoms with E-state index in [4.69, 9.17) is 5.73 Å². The second kappa shape index (κ2) is 4.75. The van der Waals surface area contributed by atoms with Crippen LogP contribution in [-0.4, -0.2) is 16.0 Å². The molecule has 0 spiro atoms. The van der Waals surface area contributed by atoms with Crippen molar-refractivity contribution in [1.82, 2.24) is 4.98 Å². The van der Waals surface area contributed by atoms with Gasteiger partial charge in [0.25, 0.3) is 5.91 Å². The normalized spacial score (nSPS) is 10.1. The second-order valence-electron chi connectivity index (χ2n) is 3.86. The summed E-state index contributed by atoms with van der Waals surface area (Å²) in [6.07, 6.45) is 0. The molecule has 0 atom stereocenters. The van der Waals surface area contributed by atoms with Gasteiger partial charge in [0.05, 0.1) is 5.56 Å². The third-order valence-electron chi connectivity index (χ3n) is 2.45. The van der Waals surface area contributed by atoms with Crippen molar-refractivity contribution in [3.8, 4) is 5.75 Å². The molecule has 0 bridgehead atoms. The number of carbonyl (C=O) groups is 1. The highest BCUT2D eigenvalue weighted by Gasteiger charge is 2.12. The van der Waals surface area contributed by atoms with Crippen molar-refractivity contribution in [2.24, 2.45) is 0 Å². The highest BCUT2D eigenvalue weighted by molar-refractivity contribution is 6.07. The Kier molecular flexibility index (Phi) is 3.14. The van der Waals surface area contributed by atoms with Gasteiger partial charge >= 0.3 is 0 Å². The maximum atomic E-state index is 12.0. The van der Waals surface area contributed by atoms with Crippen LogP contribution in [0.1, 0.15) is 16.1 Å². The van der Waals surface area contributed by atoms with E-state index in [2.05, 4.69) is 10.3 Å². The summed E-state index contributed by atoms with van der Waals surface area (Å²) >= 11 is 0. The number of nitrogens with two attached hydrogens (primary N) is 1. The van der Waals surface area contributed by atoms with Crippen LogP contribution in [-0.2, 0) is 0 Å². The molecule has 5 heteroatoms. The van der Waals surface area contributed by atoms with Crippen molar-refractivity contribution in [3.05, 3.63) is 47.7 Å². The number of amides is 1. The third kappa shape index (κ3) is 2.40. The van der Waals surface area contributed by atoms with E-state index in [1.54, 1.807) is 37.3 Å². The fraction of sp³-hybridized carbons (Fsp3) is 0.0769. The van der Waals surface area contributed by atoms with Gasteiger partial charge < -0.3 is 16.2 Å². The standard InChI is InChI=1S/C13H13N3O2/c1-8-6-7-11(17)12(15-8)16-13(18)9-4-2-3-5-10(9)14/h2-7,17H,14H2,1H3,(H,15,16,18). The quantitative estimate of drug-likeness (QED) is 0.703. The summed E-state index contributed by atoms with van der Waals surface area (Å²) in [5, 5.41) is 12.1. The lowest BCUT2D eigenvalue weighted by Crippen LogP contribution is -2.15. The topological polar surface area (TPSA) is 88.2 Å². The van der Waals surface area contributed by atoms with Crippen LogP contribution in [0, 0.1) is 6.92 Å². The zero-order valence-electron chi connectivity index (χ0n) is 9.84. The van der Waals surface area contributed by atoms with E-state index in [1.807, 2.05) is 0 Å². The molecule has 1 aromatic carbocycles. The summed E-state index contributed by atoms with van der Waals surface area (Å²) in [7, 11) is 0. The number of para-hydroxylation sites is 1. The molecule has 2 aromatic rings. The molecule has 0 radical (unpaired) electrons. The molecule has 1 amide bonds. The minimum atomic E-state index is -0.401. The van der Waals surface area contributed by atoms with Gasteiger partial charge in [-0.3, -0.25) is 4.79 Å². The maximum Gasteiger partial charge on any atom is 0.259 e. The molecule has 0 aliphatic carbocycles. The van der Waals surface area contributed by atoms with Gasteiger partial charge in [-0.25, -0.2) is 4.98 Å². The number of benzene rings is 1. The van der Waals surface area contributed by atoms with Crippen LogP contribution in [0.25, 0.3) is 0 Å². The molecule has 0 unspecified atom stereocenters.